The predicted molar refractivity (Wildman–Crippen MR) is 76.2 cm³/mol. The summed E-state index contributed by atoms with van der Waals surface area (Å²) in [4.78, 5) is 12.9. The molecule has 1 saturated heterocycles. The van der Waals surface area contributed by atoms with Crippen LogP contribution in [0.2, 0.25) is 0 Å². The molecule has 0 bridgehead atoms. The molecule has 0 spiro atoms. The minimum atomic E-state index is -2.87. The number of hydrogen-bond acceptors (Lipinski definition) is 4. The first-order valence-corrected chi connectivity index (χ1v) is 8.00. The monoisotopic (exact) mass is 282 g/mol. The molecule has 6 heteroatoms. The molecule has 2 rings (SSSR count). The normalized spacial score (nSPS) is 21.1. The third-order valence-corrected chi connectivity index (χ3v) is 5.10. The Morgan fingerprint density at radius 1 is 1.32 bits per heavy atom. The molecule has 19 heavy (non-hydrogen) atoms. The van der Waals surface area contributed by atoms with Crippen molar-refractivity contribution in [3.63, 3.8) is 0 Å². The molecule has 1 atom stereocenters. The van der Waals surface area contributed by atoms with Gasteiger partial charge >= 0.3 is 0 Å². The Labute approximate surface area is 113 Å². The predicted octanol–water partition coefficient (Wildman–Crippen LogP) is 1.27. The molecule has 1 amide bonds. The molecule has 1 aromatic rings. The summed E-state index contributed by atoms with van der Waals surface area (Å²) >= 11 is 0. The van der Waals surface area contributed by atoms with E-state index in [0.29, 0.717) is 6.42 Å². The molecule has 5 nitrogen and oxygen atoms in total. The number of amides is 1. The van der Waals surface area contributed by atoms with Crippen LogP contribution in [0.4, 0.5) is 11.4 Å². The summed E-state index contributed by atoms with van der Waals surface area (Å²) in [7, 11) is -0.970. The van der Waals surface area contributed by atoms with E-state index in [1.807, 2.05) is 36.2 Å². The molecule has 1 unspecified atom stereocenters. The van der Waals surface area contributed by atoms with Crippen LogP contribution in [-0.4, -0.2) is 38.9 Å². The molecule has 1 aliphatic heterocycles. The largest absolute Gasteiger partial charge is 0.371 e. The highest BCUT2D eigenvalue weighted by molar-refractivity contribution is 7.91. The highest BCUT2D eigenvalue weighted by Crippen LogP contribution is 2.24. The van der Waals surface area contributed by atoms with Crippen LogP contribution in [0.25, 0.3) is 0 Å². The van der Waals surface area contributed by atoms with Crippen LogP contribution < -0.4 is 10.2 Å². The maximum atomic E-state index is 11.5. The van der Waals surface area contributed by atoms with E-state index in [9.17, 15) is 13.2 Å². The fourth-order valence-corrected chi connectivity index (χ4v) is 4.05. The topological polar surface area (TPSA) is 66.5 Å². The quantitative estimate of drug-likeness (QED) is 0.906. The van der Waals surface area contributed by atoms with E-state index in [1.54, 1.807) is 0 Å². The van der Waals surface area contributed by atoms with Crippen molar-refractivity contribution in [1.82, 2.24) is 0 Å². The van der Waals surface area contributed by atoms with Gasteiger partial charge in [-0.3, -0.25) is 4.79 Å². The van der Waals surface area contributed by atoms with Crippen molar-refractivity contribution in [1.29, 1.82) is 0 Å². The summed E-state index contributed by atoms with van der Waals surface area (Å²) in [5, 5.41) is 2.70. The Balaban J connectivity index is 2.08. The van der Waals surface area contributed by atoms with Crippen LogP contribution in [-0.2, 0) is 14.6 Å². The number of carbonyl (C=O) groups is 1. The zero-order valence-electron chi connectivity index (χ0n) is 11.1. The molecule has 1 N–H and O–H groups in total. The molecular weight excluding hydrogens is 264 g/mol. The molecule has 0 aromatic heterocycles. The van der Waals surface area contributed by atoms with Crippen LogP contribution in [0.5, 0.6) is 0 Å². The summed E-state index contributed by atoms with van der Waals surface area (Å²) in [5.74, 6) is 0.381. The second-order valence-corrected chi connectivity index (χ2v) is 7.12. The molecule has 1 aromatic carbocycles. The van der Waals surface area contributed by atoms with Crippen molar-refractivity contribution in [2.45, 2.75) is 19.4 Å². The van der Waals surface area contributed by atoms with Gasteiger partial charge in [0, 0.05) is 31.4 Å². The number of anilines is 2. The zero-order chi connectivity index (χ0) is 14.0. The third-order valence-electron chi connectivity index (χ3n) is 3.35. The first-order valence-electron chi connectivity index (χ1n) is 6.18. The van der Waals surface area contributed by atoms with Crippen molar-refractivity contribution >= 4 is 27.1 Å². The summed E-state index contributed by atoms with van der Waals surface area (Å²) in [6, 6.07) is 7.44. The molecule has 1 aliphatic rings. The minimum Gasteiger partial charge on any atom is -0.371 e. The SMILES string of the molecule is CC(=O)Nc1ccc(N(C)C2CCS(=O)(=O)C2)cc1. The smallest absolute Gasteiger partial charge is 0.221 e. The Hall–Kier alpha value is -1.56. The second kappa shape index (κ2) is 5.21. The Bertz CT molecular complexity index is 566. The summed E-state index contributed by atoms with van der Waals surface area (Å²) < 4.78 is 23.0. The second-order valence-electron chi connectivity index (χ2n) is 4.90. The maximum Gasteiger partial charge on any atom is 0.221 e. The third kappa shape index (κ3) is 3.47. The van der Waals surface area contributed by atoms with Gasteiger partial charge < -0.3 is 10.2 Å². The van der Waals surface area contributed by atoms with Gasteiger partial charge in [-0.05, 0) is 30.7 Å². The van der Waals surface area contributed by atoms with Gasteiger partial charge in [0.2, 0.25) is 5.91 Å². The maximum absolute atomic E-state index is 11.5. The van der Waals surface area contributed by atoms with Crippen molar-refractivity contribution in [3.05, 3.63) is 24.3 Å². The first kappa shape index (κ1) is 13.9. The highest BCUT2D eigenvalue weighted by atomic mass is 32.2. The lowest BCUT2D eigenvalue weighted by Gasteiger charge is -2.25. The fourth-order valence-electron chi connectivity index (χ4n) is 2.27. The molecule has 1 fully saturated rings. The lowest BCUT2D eigenvalue weighted by Crippen LogP contribution is -2.32. The van der Waals surface area contributed by atoms with Crippen molar-refractivity contribution in [2.24, 2.45) is 0 Å². The average Bonchev–Trinajstić information content (AvgIpc) is 2.69. The Morgan fingerprint density at radius 3 is 2.42 bits per heavy atom. The van der Waals surface area contributed by atoms with E-state index < -0.39 is 9.84 Å². The molecule has 1 heterocycles. The Kier molecular flexibility index (Phi) is 3.80. The number of nitrogens with zero attached hydrogens (tertiary/aromatic N) is 1. The number of rotatable bonds is 3. The number of benzene rings is 1. The van der Waals surface area contributed by atoms with Gasteiger partial charge in [-0.25, -0.2) is 8.42 Å². The summed E-state index contributed by atoms with van der Waals surface area (Å²) in [5.41, 5.74) is 1.69. The molecule has 0 aliphatic carbocycles. The van der Waals surface area contributed by atoms with Crippen LogP contribution in [0, 0.1) is 0 Å². The van der Waals surface area contributed by atoms with Crippen LogP contribution >= 0.6 is 0 Å². The standard InChI is InChI=1S/C13H18N2O3S/c1-10(16)14-11-3-5-12(6-4-11)15(2)13-7-8-19(17,18)9-13/h3-6,13H,7-9H2,1-2H3,(H,14,16). The number of carbonyl (C=O) groups excluding carboxylic acids is 1. The summed E-state index contributed by atoms with van der Waals surface area (Å²) in [6.45, 7) is 1.46. The van der Waals surface area contributed by atoms with Gasteiger partial charge in [-0.2, -0.15) is 0 Å². The fraction of sp³-hybridized carbons (Fsp3) is 0.462. The van der Waals surface area contributed by atoms with Crippen molar-refractivity contribution < 1.29 is 13.2 Å². The molecular formula is C13H18N2O3S. The van der Waals surface area contributed by atoms with Gasteiger partial charge in [0.05, 0.1) is 11.5 Å². The average molecular weight is 282 g/mol. The number of hydrogen-bond donors (Lipinski definition) is 1. The van der Waals surface area contributed by atoms with Gasteiger partial charge in [0.15, 0.2) is 9.84 Å². The highest BCUT2D eigenvalue weighted by Gasteiger charge is 2.30. The molecule has 104 valence electrons. The number of nitrogens with one attached hydrogen (secondary N) is 1. The van der Waals surface area contributed by atoms with E-state index in [0.717, 1.165) is 11.4 Å². The molecule has 0 saturated carbocycles. The van der Waals surface area contributed by atoms with Crippen molar-refractivity contribution in [3.8, 4) is 0 Å². The van der Waals surface area contributed by atoms with Gasteiger partial charge in [-0.1, -0.05) is 0 Å². The van der Waals surface area contributed by atoms with Crippen LogP contribution in [0.1, 0.15) is 13.3 Å². The minimum absolute atomic E-state index is 0.0385. The van der Waals surface area contributed by atoms with Crippen molar-refractivity contribution in [2.75, 3.05) is 28.8 Å². The van der Waals surface area contributed by atoms with Crippen LogP contribution in [0.3, 0.4) is 0 Å². The van der Waals surface area contributed by atoms with E-state index in [2.05, 4.69) is 5.32 Å². The molecule has 0 radical (unpaired) electrons. The van der Waals surface area contributed by atoms with Gasteiger partial charge in [0.25, 0.3) is 0 Å². The summed E-state index contributed by atoms with van der Waals surface area (Å²) in [6.07, 6.45) is 0.673. The van der Waals surface area contributed by atoms with E-state index in [1.165, 1.54) is 6.92 Å². The Morgan fingerprint density at radius 2 is 1.95 bits per heavy atom. The lowest BCUT2D eigenvalue weighted by molar-refractivity contribution is -0.114. The van der Waals surface area contributed by atoms with E-state index in [4.69, 9.17) is 0 Å². The van der Waals surface area contributed by atoms with Crippen LogP contribution in [0.15, 0.2) is 24.3 Å². The van der Waals surface area contributed by atoms with Gasteiger partial charge in [0.1, 0.15) is 0 Å². The van der Waals surface area contributed by atoms with E-state index in [-0.39, 0.29) is 23.5 Å². The van der Waals surface area contributed by atoms with E-state index >= 15 is 0 Å². The zero-order valence-corrected chi connectivity index (χ0v) is 11.9. The lowest BCUT2D eigenvalue weighted by atomic mass is 10.2. The number of sulfone groups is 1. The first-order chi connectivity index (χ1) is 8.87. The van der Waals surface area contributed by atoms with Gasteiger partial charge in [-0.15, -0.1) is 0 Å².